The Balaban J connectivity index is 4.60. The maximum Gasteiger partial charge on any atom is 0.306 e. The summed E-state index contributed by atoms with van der Waals surface area (Å²) in [5.41, 5.74) is 0. The molecule has 0 aliphatic rings. The van der Waals surface area contributed by atoms with Crippen molar-refractivity contribution in [1.29, 1.82) is 0 Å². The molecule has 0 bridgehead atoms. The van der Waals surface area contributed by atoms with Crippen molar-refractivity contribution in [3.05, 3.63) is 24.3 Å². The van der Waals surface area contributed by atoms with E-state index in [1.165, 1.54) is 77.0 Å². The summed E-state index contributed by atoms with van der Waals surface area (Å²) in [5, 5.41) is 23.5. The topological polar surface area (TPSA) is 95.9 Å². The van der Waals surface area contributed by atoms with Gasteiger partial charge in [0.1, 0.15) is 6.10 Å². The molecule has 0 aromatic heterocycles. The smallest absolute Gasteiger partial charge is 0.306 e. The number of hydrogen-bond donors (Lipinski definition) is 3. The second kappa shape index (κ2) is 36.6. The average molecular weight is 678 g/mol. The van der Waals surface area contributed by atoms with Crippen LogP contribution in [0.15, 0.2) is 24.3 Å². The number of esters is 1. The van der Waals surface area contributed by atoms with Crippen LogP contribution in [0, 0.1) is 0 Å². The molecular formula is C42H79NO5. The Labute approximate surface area is 297 Å². The first kappa shape index (κ1) is 46.3. The molecule has 0 fully saturated rings. The minimum Gasteiger partial charge on any atom is -0.462 e. The van der Waals surface area contributed by atoms with Gasteiger partial charge in [-0.1, -0.05) is 154 Å². The normalized spacial score (nSPS) is 13.7. The largest absolute Gasteiger partial charge is 0.462 e. The first-order valence-electron chi connectivity index (χ1n) is 20.6. The van der Waals surface area contributed by atoms with E-state index in [9.17, 15) is 19.8 Å². The quantitative estimate of drug-likeness (QED) is 0.0348. The maximum absolute atomic E-state index is 13.0. The Kier molecular flexibility index (Phi) is 35.3. The monoisotopic (exact) mass is 678 g/mol. The highest BCUT2D eigenvalue weighted by Gasteiger charge is 2.24. The van der Waals surface area contributed by atoms with E-state index in [1.807, 2.05) is 0 Å². The van der Waals surface area contributed by atoms with Crippen molar-refractivity contribution in [3.8, 4) is 0 Å². The molecule has 48 heavy (non-hydrogen) atoms. The molecule has 6 heteroatoms. The standard InChI is InChI=1S/C42H79NO5/c1-4-7-10-13-16-19-22-25-28-31-34-40(45)39(37-44)43-41(46)36-38(33-30-27-24-21-18-15-12-9-6-3)48-42(47)35-32-29-26-23-20-17-14-11-8-5-2/h11,14-15,18,38-40,44-45H,4-10,12-13,16-17,19-37H2,1-3H3,(H,43,46)/b14-11-,18-15-. The fourth-order valence-electron chi connectivity index (χ4n) is 6.06. The third-order valence-corrected chi connectivity index (χ3v) is 9.23. The van der Waals surface area contributed by atoms with Crippen LogP contribution >= 0.6 is 0 Å². The van der Waals surface area contributed by atoms with Crippen LogP contribution in [0.5, 0.6) is 0 Å². The van der Waals surface area contributed by atoms with E-state index in [-0.39, 0.29) is 24.9 Å². The summed E-state index contributed by atoms with van der Waals surface area (Å²) >= 11 is 0. The van der Waals surface area contributed by atoms with Crippen LogP contribution in [0.4, 0.5) is 0 Å². The molecule has 0 aromatic carbocycles. The SMILES string of the molecule is CCC/C=C\CCCCCCCC(=O)OC(CCCCC/C=C\CCCC)CC(=O)NC(CO)C(O)CCCCCCCCCCCC. The molecule has 0 heterocycles. The predicted octanol–water partition coefficient (Wildman–Crippen LogP) is 11.2. The van der Waals surface area contributed by atoms with Crippen LogP contribution in [0.3, 0.4) is 0 Å². The summed E-state index contributed by atoms with van der Waals surface area (Å²) < 4.78 is 5.84. The third kappa shape index (κ3) is 31.6. The molecule has 0 spiro atoms. The van der Waals surface area contributed by atoms with Gasteiger partial charge in [0.15, 0.2) is 0 Å². The number of aliphatic hydroxyl groups is 2. The summed E-state index contributed by atoms with van der Waals surface area (Å²) in [7, 11) is 0. The molecule has 0 aromatic rings. The zero-order valence-corrected chi connectivity index (χ0v) is 31.9. The van der Waals surface area contributed by atoms with Crippen LogP contribution < -0.4 is 5.32 Å². The number of aliphatic hydroxyl groups excluding tert-OH is 2. The van der Waals surface area contributed by atoms with E-state index >= 15 is 0 Å². The molecule has 0 saturated carbocycles. The number of carbonyl (C=O) groups excluding carboxylic acids is 2. The van der Waals surface area contributed by atoms with E-state index < -0.39 is 18.2 Å². The lowest BCUT2D eigenvalue weighted by Gasteiger charge is -2.24. The Morgan fingerprint density at radius 1 is 0.583 bits per heavy atom. The van der Waals surface area contributed by atoms with Crippen LogP contribution in [0.2, 0.25) is 0 Å². The molecular weight excluding hydrogens is 598 g/mol. The highest BCUT2D eigenvalue weighted by molar-refractivity contribution is 5.77. The van der Waals surface area contributed by atoms with E-state index in [2.05, 4.69) is 50.4 Å². The number of hydrogen-bond acceptors (Lipinski definition) is 5. The summed E-state index contributed by atoms with van der Waals surface area (Å²) in [5.74, 6) is -0.505. The number of rotatable bonds is 36. The zero-order valence-electron chi connectivity index (χ0n) is 31.9. The van der Waals surface area contributed by atoms with Crippen molar-refractivity contribution in [3.63, 3.8) is 0 Å². The molecule has 6 nitrogen and oxygen atoms in total. The Bertz CT molecular complexity index is 767. The van der Waals surface area contributed by atoms with Crippen LogP contribution in [-0.4, -0.2) is 46.9 Å². The summed E-state index contributed by atoms with van der Waals surface area (Å²) in [6.45, 7) is 6.33. The van der Waals surface area contributed by atoms with Gasteiger partial charge in [-0.25, -0.2) is 0 Å². The minimum atomic E-state index is -0.785. The van der Waals surface area contributed by atoms with E-state index in [1.54, 1.807) is 0 Å². The van der Waals surface area contributed by atoms with Gasteiger partial charge in [0.25, 0.3) is 0 Å². The second-order valence-electron chi connectivity index (χ2n) is 14.0. The van der Waals surface area contributed by atoms with Gasteiger partial charge >= 0.3 is 5.97 Å². The van der Waals surface area contributed by atoms with Crippen molar-refractivity contribution in [2.75, 3.05) is 6.61 Å². The molecule has 0 aliphatic heterocycles. The number of amides is 1. The Morgan fingerprint density at radius 3 is 1.65 bits per heavy atom. The van der Waals surface area contributed by atoms with Gasteiger partial charge in [-0.3, -0.25) is 9.59 Å². The number of unbranched alkanes of at least 4 members (excludes halogenated alkanes) is 20. The van der Waals surface area contributed by atoms with Gasteiger partial charge in [0.05, 0.1) is 25.2 Å². The summed E-state index contributed by atoms with van der Waals surface area (Å²) in [4.78, 5) is 25.8. The zero-order chi connectivity index (χ0) is 35.3. The first-order chi connectivity index (χ1) is 23.5. The fourth-order valence-corrected chi connectivity index (χ4v) is 6.06. The van der Waals surface area contributed by atoms with Gasteiger partial charge in [-0.2, -0.15) is 0 Å². The van der Waals surface area contributed by atoms with Crippen molar-refractivity contribution in [2.45, 2.75) is 225 Å². The van der Waals surface area contributed by atoms with Gasteiger partial charge in [-0.15, -0.1) is 0 Å². The highest BCUT2D eigenvalue weighted by atomic mass is 16.5. The number of carbonyl (C=O) groups is 2. The van der Waals surface area contributed by atoms with Crippen molar-refractivity contribution >= 4 is 11.9 Å². The Hall–Kier alpha value is -1.66. The number of allylic oxidation sites excluding steroid dienone is 4. The summed E-state index contributed by atoms with van der Waals surface area (Å²) in [6, 6.07) is -0.700. The maximum atomic E-state index is 13.0. The molecule has 0 radical (unpaired) electrons. The van der Waals surface area contributed by atoms with E-state index in [0.717, 1.165) is 83.5 Å². The van der Waals surface area contributed by atoms with Gasteiger partial charge in [0.2, 0.25) is 5.91 Å². The Morgan fingerprint density at radius 2 is 1.06 bits per heavy atom. The predicted molar refractivity (Wildman–Crippen MR) is 204 cm³/mol. The van der Waals surface area contributed by atoms with Crippen LogP contribution in [-0.2, 0) is 14.3 Å². The van der Waals surface area contributed by atoms with Gasteiger partial charge in [0, 0.05) is 6.42 Å². The van der Waals surface area contributed by atoms with Crippen LogP contribution in [0.25, 0.3) is 0 Å². The van der Waals surface area contributed by atoms with E-state index in [0.29, 0.717) is 19.3 Å². The lowest BCUT2D eigenvalue weighted by molar-refractivity contribution is -0.151. The molecule has 3 unspecified atom stereocenters. The number of ether oxygens (including phenoxy) is 1. The molecule has 1 amide bonds. The molecule has 0 rings (SSSR count). The molecule has 3 N–H and O–H groups in total. The average Bonchev–Trinajstić information content (AvgIpc) is 3.07. The third-order valence-electron chi connectivity index (χ3n) is 9.23. The van der Waals surface area contributed by atoms with Crippen molar-refractivity contribution in [2.24, 2.45) is 0 Å². The molecule has 282 valence electrons. The van der Waals surface area contributed by atoms with Gasteiger partial charge < -0.3 is 20.3 Å². The van der Waals surface area contributed by atoms with Crippen molar-refractivity contribution < 1.29 is 24.5 Å². The lowest BCUT2D eigenvalue weighted by atomic mass is 10.0. The van der Waals surface area contributed by atoms with Gasteiger partial charge in [-0.05, 0) is 64.2 Å². The highest BCUT2D eigenvalue weighted by Crippen LogP contribution is 2.17. The summed E-state index contributed by atoms with van der Waals surface area (Å²) in [6.07, 6.45) is 38.1. The fraction of sp³-hybridized carbons (Fsp3) is 0.857. The molecule has 0 saturated heterocycles. The lowest BCUT2D eigenvalue weighted by Crippen LogP contribution is -2.46. The molecule has 0 aliphatic carbocycles. The second-order valence-corrected chi connectivity index (χ2v) is 14.0. The van der Waals surface area contributed by atoms with E-state index in [4.69, 9.17) is 4.74 Å². The number of nitrogens with one attached hydrogen (secondary N) is 1. The molecule has 3 atom stereocenters. The first-order valence-corrected chi connectivity index (χ1v) is 20.6. The van der Waals surface area contributed by atoms with Crippen LogP contribution in [0.1, 0.15) is 207 Å². The van der Waals surface area contributed by atoms with Crippen molar-refractivity contribution in [1.82, 2.24) is 5.32 Å². The minimum absolute atomic E-state index is 0.0652.